The first-order valence-electron chi connectivity index (χ1n) is 12.5. The largest absolute Gasteiger partial charge is 0.494 e. The number of piperidine rings is 1. The van der Waals surface area contributed by atoms with Crippen LogP contribution in [0.15, 0.2) is 89.1 Å². The number of anilines is 1. The van der Waals surface area contributed by atoms with Crippen molar-refractivity contribution in [2.45, 2.75) is 53.1 Å². The molecule has 1 fully saturated rings. The van der Waals surface area contributed by atoms with Gasteiger partial charge in [0.2, 0.25) is 0 Å². The summed E-state index contributed by atoms with van der Waals surface area (Å²) < 4.78 is 45.2. The van der Waals surface area contributed by atoms with E-state index in [-0.39, 0.29) is 11.4 Å². The van der Waals surface area contributed by atoms with Gasteiger partial charge in [0.25, 0.3) is 5.91 Å². The zero-order valence-corrected chi connectivity index (χ0v) is 21.7. The van der Waals surface area contributed by atoms with Crippen LogP contribution in [0.3, 0.4) is 0 Å². The monoisotopic (exact) mass is 510 g/mol. The zero-order chi connectivity index (χ0) is 27.0. The molecular weight excluding hydrogens is 477 g/mol. The second kappa shape index (κ2) is 12.6. The van der Waals surface area contributed by atoms with Crippen LogP contribution in [0.25, 0.3) is 0 Å². The van der Waals surface area contributed by atoms with E-state index in [1.807, 2.05) is 24.3 Å². The van der Waals surface area contributed by atoms with E-state index in [4.69, 9.17) is 4.74 Å². The van der Waals surface area contributed by atoms with Crippen LogP contribution in [-0.2, 0) is 11.0 Å². The summed E-state index contributed by atoms with van der Waals surface area (Å²) in [5, 5.41) is 0. The number of alkyl halides is 3. The lowest BCUT2D eigenvalue weighted by atomic mass is 9.97. The Morgan fingerprint density at radius 1 is 1.03 bits per heavy atom. The summed E-state index contributed by atoms with van der Waals surface area (Å²) in [5.74, 6) is 1.08. The smallest absolute Gasteiger partial charge is 0.416 e. The number of allylic oxidation sites excluding steroid dienone is 5. The highest BCUT2D eigenvalue weighted by atomic mass is 19.4. The van der Waals surface area contributed by atoms with Crippen molar-refractivity contribution >= 4 is 23.0 Å². The van der Waals surface area contributed by atoms with Crippen LogP contribution in [0.5, 0.6) is 5.75 Å². The molecular formula is C30H33F3N2O2. The average molecular weight is 511 g/mol. The molecule has 7 heteroatoms. The fourth-order valence-corrected chi connectivity index (χ4v) is 3.67. The zero-order valence-electron chi connectivity index (χ0n) is 21.7. The van der Waals surface area contributed by atoms with Crippen LogP contribution in [0.1, 0.15) is 52.5 Å². The van der Waals surface area contributed by atoms with Gasteiger partial charge in [-0.3, -0.25) is 9.69 Å². The SMILES string of the molecule is CC(C)C.CCCCOc1cccc(N2C(=O)C(=Nc3cccc(C(F)(F)F)c3)C3=CC=CC=C2C3)c1. The van der Waals surface area contributed by atoms with Crippen molar-refractivity contribution in [3.05, 3.63) is 89.7 Å². The van der Waals surface area contributed by atoms with Crippen LogP contribution >= 0.6 is 0 Å². The molecule has 2 aliphatic rings. The van der Waals surface area contributed by atoms with Gasteiger partial charge in [0, 0.05) is 18.2 Å². The number of carbonyl (C=O) groups excluding carboxylic acids is 1. The first-order valence-corrected chi connectivity index (χ1v) is 12.5. The second-order valence-corrected chi connectivity index (χ2v) is 9.49. The van der Waals surface area contributed by atoms with Gasteiger partial charge in [-0.2, -0.15) is 13.2 Å². The van der Waals surface area contributed by atoms with Gasteiger partial charge in [0.15, 0.2) is 0 Å². The molecule has 4 nitrogen and oxygen atoms in total. The summed E-state index contributed by atoms with van der Waals surface area (Å²) in [6.45, 7) is 9.16. The number of benzene rings is 2. The van der Waals surface area contributed by atoms with Crippen LogP contribution in [-0.4, -0.2) is 18.2 Å². The molecule has 2 aromatic rings. The van der Waals surface area contributed by atoms with E-state index in [0.29, 0.717) is 30.0 Å². The Morgan fingerprint density at radius 2 is 1.73 bits per heavy atom. The molecule has 0 radical (unpaired) electrons. The van der Waals surface area contributed by atoms with E-state index in [2.05, 4.69) is 32.7 Å². The molecule has 37 heavy (non-hydrogen) atoms. The third kappa shape index (κ3) is 7.68. The maximum Gasteiger partial charge on any atom is 0.416 e. The predicted octanol–water partition coefficient (Wildman–Crippen LogP) is 8.44. The van der Waals surface area contributed by atoms with Gasteiger partial charge in [-0.15, -0.1) is 0 Å². The van der Waals surface area contributed by atoms with Crippen molar-refractivity contribution in [3.63, 3.8) is 0 Å². The molecule has 2 bridgehead atoms. The summed E-state index contributed by atoms with van der Waals surface area (Å²) in [7, 11) is 0. The van der Waals surface area contributed by atoms with Gasteiger partial charge in [-0.1, -0.05) is 64.5 Å². The Kier molecular flexibility index (Phi) is 9.50. The third-order valence-electron chi connectivity index (χ3n) is 5.32. The molecule has 1 aliphatic heterocycles. The molecule has 0 unspecified atom stereocenters. The predicted molar refractivity (Wildman–Crippen MR) is 143 cm³/mol. The van der Waals surface area contributed by atoms with Crippen molar-refractivity contribution in [1.82, 2.24) is 0 Å². The molecule has 1 heterocycles. The van der Waals surface area contributed by atoms with E-state index < -0.39 is 17.6 Å². The molecule has 0 N–H and O–H groups in total. The number of carbonyl (C=O) groups is 1. The van der Waals surface area contributed by atoms with Crippen molar-refractivity contribution in [2.75, 3.05) is 11.5 Å². The summed E-state index contributed by atoms with van der Waals surface area (Å²) in [6, 6.07) is 11.9. The molecule has 1 amide bonds. The standard InChI is InChI=1S/C26H23F3N2O2.C4H10/c1-2-3-14-33-23-13-7-12-22(17-23)31-21-11-5-4-8-18(15-21)24(25(31)32)30-20-10-6-9-19(16-20)26(27,28)29;1-4(2)3/h4-13,16-17H,2-3,14-15H2,1H3;4H,1-3H3. The van der Waals surface area contributed by atoms with E-state index in [1.165, 1.54) is 12.1 Å². The molecule has 0 spiro atoms. The number of aliphatic imine (C=N–C) groups is 1. The van der Waals surface area contributed by atoms with Crippen LogP contribution < -0.4 is 9.64 Å². The number of unbranched alkanes of at least 4 members (excludes halogenated alkanes) is 1. The highest BCUT2D eigenvalue weighted by molar-refractivity contribution is 6.51. The highest BCUT2D eigenvalue weighted by Gasteiger charge is 2.34. The fourth-order valence-electron chi connectivity index (χ4n) is 3.67. The van der Waals surface area contributed by atoms with Gasteiger partial charge < -0.3 is 4.74 Å². The van der Waals surface area contributed by atoms with Crippen LogP contribution in [0, 0.1) is 5.92 Å². The van der Waals surface area contributed by atoms with Gasteiger partial charge in [-0.05, 0) is 54.3 Å². The number of fused-ring (bicyclic) bond motifs is 2. The summed E-state index contributed by atoms with van der Waals surface area (Å²) in [5.41, 5.74) is 1.42. The van der Waals surface area contributed by atoms with E-state index in [9.17, 15) is 18.0 Å². The molecule has 196 valence electrons. The number of hydrogen-bond acceptors (Lipinski definition) is 3. The first-order chi connectivity index (χ1) is 17.6. The second-order valence-electron chi connectivity index (χ2n) is 9.49. The van der Waals surface area contributed by atoms with Gasteiger partial charge in [0.05, 0.1) is 23.5 Å². The fraction of sp³-hybridized carbons (Fsp3) is 0.333. The molecule has 1 aliphatic carbocycles. The summed E-state index contributed by atoms with van der Waals surface area (Å²) in [6.07, 6.45) is 5.12. The van der Waals surface area contributed by atoms with Crippen molar-refractivity contribution in [3.8, 4) is 5.75 Å². The normalized spacial score (nSPS) is 16.2. The Balaban J connectivity index is 0.000000886. The number of nitrogens with zero attached hydrogens (tertiary/aromatic N) is 2. The summed E-state index contributed by atoms with van der Waals surface area (Å²) >= 11 is 0. The van der Waals surface area contributed by atoms with E-state index in [1.54, 1.807) is 29.2 Å². The first kappa shape index (κ1) is 28.0. The average Bonchev–Trinajstić information content (AvgIpc) is 3.05. The molecule has 0 aromatic heterocycles. The molecule has 0 saturated carbocycles. The minimum atomic E-state index is -4.49. The van der Waals surface area contributed by atoms with Crippen molar-refractivity contribution in [1.29, 1.82) is 0 Å². The van der Waals surface area contributed by atoms with Gasteiger partial charge >= 0.3 is 6.18 Å². The number of amides is 1. The minimum Gasteiger partial charge on any atom is -0.494 e. The quantitative estimate of drug-likeness (QED) is 0.366. The summed E-state index contributed by atoms with van der Waals surface area (Å²) in [4.78, 5) is 19.5. The van der Waals surface area contributed by atoms with E-state index >= 15 is 0 Å². The number of ether oxygens (including phenoxy) is 1. The van der Waals surface area contributed by atoms with Crippen LogP contribution in [0.2, 0.25) is 0 Å². The lowest BCUT2D eigenvalue weighted by molar-refractivity contribution is -0.137. The lowest BCUT2D eigenvalue weighted by Crippen LogP contribution is -2.41. The van der Waals surface area contributed by atoms with Crippen molar-refractivity contribution in [2.24, 2.45) is 10.9 Å². The topological polar surface area (TPSA) is 41.9 Å². The number of hydrogen-bond donors (Lipinski definition) is 0. The number of rotatable bonds is 6. The van der Waals surface area contributed by atoms with Gasteiger partial charge in [-0.25, -0.2) is 4.99 Å². The molecule has 2 aromatic carbocycles. The van der Waals surface area contributed by atoms with Crippen molar-refractivity contribution < 1.29 is 22.7 Å². The Labute approximate surface area is 216 Å². The number of halogens is 3. The maximum absolute atomic E-state index is 13.6. The lowest BCUT2D eigenvalue weighted by Gasteiger charge is -2.31. The molecule has 1 saturated heterocycles. The molecule has 4 rings (SSSR count). The Hall–Kier alpha value is -3.61. The molecule has 0 atom stereocenters. The highest BCUT2D eigenvalue weighted by Crippen LogP contribution is 2.35. The van der Waals surface area contributed by atoms with Crippen LogP contribution in [0.4, 0.5) is 24.5 Å². The Bertz CT molecular complexity index is 1220. The van der Waals surface area contributed by atoms with Gasteiger partial charge in [0.1, 0.15) is 11.5 Å². The Morgan fingerprint density at radius 3 is 2.43 bits per heavy atom. The third-order valence-corrected chi connectivity index (χ3v) is 5.32. The minimum absolute atomic E-state index is 0.0753. The maximum atomic E-state index is 13.6. The van der Waals surface area contributed by atoms with E-state index in [0.717, 1.165) is 36.6 Å².